The molecule has 3 atom stereocenters. The molecule has 5 heteroatoms. The summed E-state index contributed by atoms with van der Waals surface area (Å²) in [5, 5.41) is 2.96. The molecule has 100 valence electrons. The molecule has 1 aliphatic carbocycles. The third kappa shape index (κ3) is 3.45. The SMILES string of the molecule is COC(CN)C(=O)NC1CC1c1ccccc1.Cl. The van der Waals surface area contributed by atoms with Crippen LogP contribution in [-0.2, 0) is 9.53 Å². The average Bonchev–Trinajstić information content (AvgIpc) is 3.11. The molecule has 3 N–H and O–H groups in total. The molecule has 1 aromatic carbocycles. The summed E-state index contributed by atoms with van der Waals surface area (Å²) in [6.07, 6.45) is 0.462. The molecule has 3 unspecified atom stereocenters. The third-order valence-corrected chi connectivity index (χ3v) is 3.14. The maximum Gasteiger partial charge on any atom is 0.250 e. The van der Waals surface area contributed by atoms with Gasteiger partial charge in [-0.1, -0.05) is 30.3 Å². The molecule has 0 spiro atoms. The van der Waals surface area contributed by atoms with Crippen molar-refractivity contribution in [1.82, 2.24) is 5.32 Å². The number of amides is 1. The van der Waals surface area contributed by atoms with Crippen LogP contribution in [0.15, 0.2) is 30.3 Å². The highest BCUT2D eigenvalue weighted by molar-refractivity contribution is 5.85. The van der Waals surface area contributed by atoms with Gasteiger partial charge < -0.3 is 15.8 Å². The van der Waals surface area contributed by atoms with Crippen molar-refractivity contribution >= 4 is 18.3 Å². The Morgan fingerprint density at radius 3 is 2.72 bits per heavy atom. The van der Waals surface area contributed by atoms with Crippen LogP contribution in [0, 0.1) is 0 Å². The lowest BCUT2D eigenvalue weighted by atomic mass is 10.1. The van der Waals surface area contributed by atoms with Crippen LogP contribution in [0.1, 0.15) is 17.9 Å². The molecule has 1 fully saturated rings. The van der Waals surface area contributed by atoms with Gasteiger partial charge >= 0.3 is 0 Å². The van der Waals surface area contributed by atoms with Gasteiger partial charge in [-0.05, 0) is 12.0 Å². The summed E-state index contributed by atoms with van der Waals surface area (Å²) < 4.78 is 4.99. The molecule has 4 nitrogen and oxygen atoms in total. The van der Waals surface area contributed by atoms with Gasteiger partial charge in [0.25, 0.3) is 5.91 Å². The van der Waals surface area contributed by atoms with E-state index in [9.17, 15) is 4.79 Å². The highest BCUT2D eigenvalue weighted by Crippen LogP contribution is 2.40. The third-order valence-electron chi connectivity index (χ3n) is 3.14. The summed E-state index contributed by atoms with van der Waals surface area (Å²) in [6.45, 7) is 0.213. The Morgan fingerprint density at radius 2 is 2.17 bits per heavy atom. The molecule has 1 amide bonds. The van der Waals surface area contributed by atoms with Gasteiger partial charge in [0.15, 0.2) is 0 Å². The number of ether oxygens (including phenoxy) is 1. The first-order valence-corrected chi connectivity index (χ1v) is 5.84. The van der Waals surface area contributed by atoms with Crippen molar-refractivity contribution in [3.05, 3.63) is 35.9 Å². The molecular weight excluding hydrogens is 252 g/mol. The van der Waals surface area contributed by atoms with E-state index in [2.05, 4.69) is 17.4 Å². The minimum Gasteiger partial charge on any atom is -0.370 e. The summed E-state index contributed by atoms with van der Waals surface area (Å²) in [4.78, 5) is 11.7. The van der Waals surface area contributed by atoms with E-state index in [1.807, 2.05) is 18.2 Å². The number of rotatable bonds is 5. The lowest BCUT2D eigenvalue weighted by molar-refractivity contribution is -0.130. The Bertz CT molecular complexity index is 382. The Morgan fingerprint density at radius 1 is 1.50 bits per heavy atom. The molecule has 1 aromatic rings. The van der Waals surface area contributed by atoms with E-state index >= 15 is 0 Å². The number of nitrogens with one attached hydrogen (secondary N) is 1. The van der Waals surface area contributed by atoms with Crippen LogP contribution in [0.3, 0.4) is 0 Å². The zero-order valence-corrected chi connectivity index (χ0v) is 11.2. The van der Waals surface area contributed by atoms with Gasteiger partial charge in [-0.15, -0.1) is 12.4 Å². The van der Waals surface area contributed by atoms with E-state index < -0.39 is 6.10 Å². The van der Waals surface area contributed by atoms with Gasteiger partial charge in [-0.3, -0.25) is 4.79 Å². The van der Waals surface area contributed by atoms with Gasteiger partial charge in [0.1, 0.15) is 6.10 Å². The first-order valence-electron chi connectivity index (χ1n) is 5.84. The van der Waals surface area contributed by atoms with Crippen LogP contribution in [0.2, 0.25) is 0 Å². The molecule has 1 saturated carbocycles. The van der Waals surface area contributed by atoms with Crippen LogP contribution in [0.25, 0.3) is 0 Å². The van der Waals surface area contributed by atoms with Crippen LogP contribution in [0.4, 0.5) is 0 Å². The van der Waals surface area contributed by atoms with Crippen molar-refractivity contribution in [3.8, 4) is 0 Å². The summed E-state index contributed by atoms with van der Waals surface area (Å²) in [6, 6.07) is 10.4. The van der Waals surface area contributed by atoms with Crippen molar-refractivity contribution in [3.63, 3.8) is 0 Å². The topological polar surface area (TPSA) is 64.3 Å². The largest absolute Gasteiger partial charge is 0.370 e. The average molecular weight is 271 g/mol. The molecule has 18 heavy (non-hydrogen) atoms. The quantitative estimate of drug-likeness (QED) is 0.841. The smallest absolute Gasteiger partial charge is 0.250 e. The molecule has 0 bridgehead atoms. The Hall–Kier alpha value is -1.10. The van der Waals surface area contributed by atoms with Crippen molar-refractivity contribution in [1.29, 1.82) is 0 Å². The van der Waals surface area contributed by atoms with E-state index in [-0.39, 0.29) is 30.9 Å². The van der Waals surface area contributed by atoms with Gasteiger partial charge in [-0.2, -0.15) is 0 Å². The van der Waals surface area contributed by atoms with Gasteiger partial charge in [0.2, 0.25) is 0 Å². The fraction of sp³-hybridized carbons (Fsp3) is 0.462. The lowest BCUT2D eigenvalue weighted by Crippen LogP contribution is -2.41. The molecule has 0 saturated heterocycles. The summed E-state index contributed by atoms with van der Waals surface area (Å²) in [5.74, 6) is 0.328. The predicted molar refractivity (Wildman–Crippen MR) is 72.8 cm³/mol. The number of hydrogen-bond donors (Lipinski definition) is 2. The molecule has 0 aromatic heterocycles. The van der Waals surface area contributed by atoms with Gasteiger partial charge in [-0.25, -0.2) is 0 Å². The van der Waals surface area contributed by atoms with E-state index in [0.29, 0.717) is 5.92 Å². The second-order valence-electron chi connectivity index (χ2n) is 4.33. The van der Waals surface area contributed by atoms with E-state index in [0.717, 1.165) is 6.42 Å². The van der Waals surface area contributed by atoms with Crippen LogP contribution in [-0.4, -0.2) is 31.7 Å². The Balaban J connectivity index is 0.00000162. The monoisotopic (exact) mass is 270 g/mol. The number of hydrogen-bond acceptors (Lipinski definition) is 3. The van der Waals surface area contributed by atoms with Crippen LogP contribution >= 0.6 is 12.4 Å². The van der Waals surface area contributed by atoms with Crippen molar-refractivity contribution in [2.45, 2.75) is 24.5 Å². The maximum absolute atomic E-state index is 11.7. The van der Waals surface area contributed by atoms with Crippen LogP contribution in [0.5, 0.6) is 0 Å². The molecular formula is C13H19ClN2O2. The number of nitrogens with two attached hydrogens (primary N) is 1. The first-order chi connectivity index (χ1) is 8.26. The highest BCUT2D eigenvalue weighted by atomic mass is 35.5. The number of carbonyl (C=O) groups is 1. The number of carbonyl (C=O) groups excluding carboxylic acids is 1. The van der Waals surface area contributed by atoms with E-state index in [1.165, 1.54) is 12.7 Å². The number of benzene rings is 1. The van der Waals surface area contributed by atoms with Crippen molar-refractivity contribution < 1.29 is 9.53 Å². The van der Waals surface area contributed by atoms with Gasteiger partial charge in [0.05, 0.1) is 0 Å². The Labute approximate surface area is 113 Å². The van der Waals surface area contributed by atoms with Crippen molar-refractivity contribution in [2.24, 2.45) is 5.73 Å². The molecule has 1 aliphatic rings. The van der Waals surface area contributed by atoms with Crippen LogP contribution < -0.4 is 11.1 Å². The van der Waals surface area contributed by atoms with Gasteiger partial charge in [0, 0.05) is 25.6 Å². The lowest BCUT2D eigenvalue weighted by Gasteiger charge is -2.12. The summed E-state index contributed by atoms with van der Waals surface area (Å²) in [5.41, 5.74) is 6.72. The normalized spacial score (nSPS) is 22.8. The predicted octanol–water partition coefficient (Wildman–Crippen LogP) is 1.05. The fourth-order valence-corrected chi connectivity index (χ4v) is 2.01. The minimum atomic E-state index is -0.535. The zero-order chi connectivity index (χ0) is 12.3. The summed E-state index contributed by atoms with van der Waals surface area (Å²) in [7, 11) is 1.50. The second-order valence-corrected chi connectivity index (χ2v) is 4.33. The molecule has 2 rings (SSSR count). The summed E-state index contributed by atoms with van der Waals surface area (Å²) >= 11 is 0. The van der Waals surface area contributed by atoms with E-state index in [4.69, 9.17) is 10.5 Å². The molecule has 0 radical (unpaired) electrons. The molecule has 0 heterocycles. The highest BCUT2D eigenvalue weighted by Gasteiger charge is 2.40. The number of methoxy groups -OCH3 is 1. The maximum atomic E-state index is 11.7. The second kappa shape index (κ2) is 6.73. The first kappa shape index (κ1) is 15.0. The molecule has 0 aliphatic heterocycles. The van der Waals surface area contributed by atoms with E-state index in [1.54, 1.807) is 0 Å². The minimum absolute atomic E-state index is 0. The standard InChI is InChI=1S/C13H18N2O2.ClH/c1-17-12(8-14)13(16)15-11-7-10(11)9-5-3-2-4-6-9;/h2-6,10-12H,7-8,14H2,1H3,(H,15,16);1H. The fourth-order valence-electron chi connectivity index (χ4n) is 2.01. The zero-order valence-electron chi connectivity index (χ0n) is 10.3. The van der Waals surface area contributed by atoms with Crippen molar-refractivity contribution in [2.75, 3.05) is 13.7 Å². The number of halogens is 1. The Kier molecular flexibility index (Phi) is 5.59.